The predicted molar refractivity (Wildman–Crippen MR) is 88.3 cm³/mol. The molecule has 3 unspecified atom stereocenters. The van der Waals surface area contributed by atoms with Crippen molar-refractivity contribution in [3.63, 3.8) is 0 Å². The average Bonchev–Trinajstić information content (AvgIpc) is 3.05. The maximum Gasteiger partial charge on any atom is 0.262 e. The molecule has 1 saturated carbocycles. The minimum absolute atomic E-state index is 0.0753. The second kappa shape index (κ2) is 7.07. The molecule has 0 aromatic heterocycles. The van der Waals surface area contributed by atoms with Gasteiger partial charge in [-0.3, -0.25) is 4.79 Å². The van der Waals surface area contributed by atoms with E-state index >= 15 is 0 Å². The molecule has 1 aliphatic carbocycles. The Balaban J connectivity index is 1.89. The molecule has 1 amide bonds. The molecule has 124 valence electrons. The van der Waals surface area contributed by atoms with Crippen LogP contribution < -0.4 is 5.32 Å². The number of carbonyl (C=O) groups excluding carboxylic acids is 1. The van der Waals surface area contributed by atoms with E-state index in [0.717, 1.165) is 0 Å². The van der Waals surface area contributed by atoms with Crippen LogP contribution in [0.1, 0.15) is 32.3 Å². The van der Waals surface area contributed by atoms with Gasteiger partial charge in [-0.2, -0.15) is 0 Å². The van der Waals surface area contributed by atoms with E-state index < -0.39 is 17.8 Å². The van der Waals surface area contributed by atoms with Crippen molar-refractivity contribution in [1.29, 1.82) is 0 Å². The Morgan fingerprint density at radius 2 is 1.83 bits per heavy atom. The van der Waals surface area contributed by atoms with E-state index in [1.165, 1.54) is 24.3 Å². The number of allylic oxidation sites excluding steroid dienone is 3. The summed E-state index contributed by atoms with van der Waals surface area (Å²) in [5.41, 5.74) is 0.652. The van der Waals surface area contributed by atoms with E-state index in [0.29, 0.717) is 11.5 Å². The average molecular weight is 319 g/mol. The maximum atomic E-state index is 13.8. The molecule has 1 N–H and O–H groups in total. The molecule has 4 heteroatoms. The molecule has 1 aliphatic rings. The van der Waals surface area contributed by atoms with E-state index in [9.17, 15) is 13.6 Å². The minimum atomic E-state index is -2.71. The first-order chi connectivity index (χ1) is 10.8. The summed E-state index contributed by atoms with van der Waals surface area (Å²) in [5, 5.41) is 2.83. The van der Waals surface area contributed by atoms with Gasteiger partial charge in [0.1, 0.15) is 0 Å². The highest BCUT2D eigenvalue weighted by Gasteiger charge is 2.67. The molecule has 0 radical (unpaired) electrons. The Kier molecular flexibility index (Phi) is 5.34. The molecule has 2 nitrogen and oxygen atoms in total. The molecule has 0 aliphatic heterocycles. The van der Waals surface area contributed by atoms with E-state index in [1.54, 1.807) is 24.3 Å². The van der Waals surface area contributed by atoms with E-state index in [4.69, 9.17) is 0 Å². The molecule has 0 heterocycles. The first kappa shape index (κ1) is 17.4. The van der Waals surface area contributed by atoms with Gasteiger partial charge in [0.2, 0.25) is 5.91 Å². The fourth-order valence-electron chi connectivity index (χ4n) is 2.45. The number of carbonyl (C=O) groups is 1. The number of hydrogen-bond acceptors (Lipinski definition) is 1. The van der Waals surface area contributed by atoms with Crippen LogP contribution in [0.15, 0.2) is 54.6 Å². The van der Waals surface area contributed by atoms with Crippen molar-refractivity contribution in [2.45, 2.75) is 38.7 Å². The zero-order chi connectivity index (χ0) is 17.0. The summed E-state index contributed by atoms with van der Waals surface area (Å²) in [6, 6.07) is 8.88. The van der Waals surface area contributed by atoms with Crippen molar-refractivity contribution in [2.24, 2.45) is 11.8 Å². The van der Waals surface area contributed by atoms with Gasteiger partial charge in [-0.05, 0) is 18.4 Å². The monoisotopic (exact) mass is 319 g/mol. The van der Waals surface area contributed by atoms with Gasteiger partial charge in [-0.15, -0.1) is 0 Å². The SMILES string of the molecule is CC(C)C(C)NC(=O)/C=C/C=C/C1C(c2ccccc2)C1(F)F. The minimum Gasteiger partial charge on any atom is -0.350 e. The highest BCUT2D eigenvalue weighted by Crippen LogP contribution is 2.62. The lowest BCUT2D eigenvalue weighted by molar-refractivity contribution is -0.117. The van der Waals surface area contributed by atoms with Gasteiger partial charge in [0.25, 0.3) is 5.92 Å². The predicted octanol–water partition coefficient (Wildman–Crippen LogP) is 4.31. The van der Waals surface area contributed by atoms with Gasteiger partial charge in [-0.25, -0.2) is 8.78 Å². The quantitative estimate of drug-likeness (QED) is 0.614. The van der Waals surface area contributed by atoms with Crippen LogP contribution in [-0.4, -0.2) is 17.9 Å². The zero-order valence-electron chi connectivity index (χ0n) is 13.7. The van der Waals surface area contributed by atoms with Crippen molar-refractivity contribution < 1.29 is 13.6 Å². The summed E-state index contributed by atoms with van der Waals surface area (Å²) in [7, 11) is 0. The Morgan fingerprint density at radius 1 is 1.17 bits per heavy atom. The molecule has 0 bridgehead atoms. The third-order valence-corrected chi connectivity index (χ3v) is 4.31. The molecule has 2 rings (SSSR count). The van der Waals surface area contributed by atoms with E-state index in [-0.39, 0.29) is 11.9 Å². The molecule has 1 fully saturated rings. The molecule has 1 aromatic rings. The molecule has 3 atom stereocenters. The standard InChI is InChI=1S/C19H23F2NO/c1-13(2)14(3)22-17(23)12-8-7-11-16-18(19(16,20)21)15-9-5-4-6-10-15/h4-14,16,18H,1-3H3,(H,22,23)/b11-7+,12-8+. The van der Waals surface area contributed by atoms with Gasteiger partial charge >= 0.3 is 0 Å². The van der Waals surface area contributed by atoms with Crippen molar-refractivity contribution in [2.75, 3.05) is 0 Å². The van der Waals surface area contributed by atoms with Crippen LogP contribution >= 0.6 is 0 Å². The van der Waals surface area contributed by atoms with Crippen LogP contribution in [0.2, 0.25) is 0 Å². The zero-order valence-corrected chi connectivity index (χ0v) is 13.7. The molecular formula is C19H23F2NO. The number of nitrogens with one attached hydrogen (secondary N) is 1. The summed E-state index contributed by atoms with van der Waals surface area (Å²) in [4.78, 5) is 11.7. The van der Waals surface area contributed by atoms with Crippen LogP contribution in [0.25, 0.3) is 0 Å². The van der Waals surface area contributed by atoms with Crippen LogP contribution in [0.5, 0.6) is 0 Å². The largest absolute Gasteiger partial charge is 0.350 e. The molecule has 0 saturated heterocycles. The smallest absolute Gasteiger partial charge is 0.262 e. The van der Waals surface area contributed by atoms with Crippen LogP contribution in [0, 0.1) is 11.8 Å². The summed E-state index contributed by atoms with van der Waals surface area (Å²) >= 11 is 0. The number of halogens is 2. The Bertz CT molecular complexity index is 593. The van der Waals surface area contributed by atoms with Gasteiger partial charge in [-0.1, -0.05) is 62.4 Å². The van der Waals surface area contributed by atoms with Gasteiger partial charge < -0.3 is 5.32 Å². The van der Waals surface area contributed by atoms with Crippen LogP contribution in [0.4, 0.5) is 8.78 Å². The Morgan fingerprint density at radius 3 is 2.43 bits per heavy atom. The van der Waals surface area contributed by atoms with Crippen molar-refractivity contribution in [3.8, 4) is 0 Å². The van der Waals surface area contributed by atoms with E-state index in [2.05, 4.69) is 5.32 Å². The number of alkyl halides is 2. The summed E-state index contributed by atoms with van der Waals surface area (Å²) in [5.74, 6) is -4.13. The molecule has 0 spiro atoms. The highest BCUT2D eigenvalue weighted by molar-refractivity contribution is 5.87. The third-order valence-electron chi connectivity index (χ3n) is 4.31. The molecule has 1 aromatic carbocycles. The topological polar surface area (TPSA) is 29.1 Å². The summed E-state index contributed by atoms with van der Waals surface area (Å²) in [6.07, 6.45) is 5.89. The van der Waals surface area contributed by atoms with Gasteiger partial charge in [0.15, 0.2) is 0 Å². The van der Waals surface area contributed by atoms with Crippen molar-refractivity contribution in [3.05, 3.63) is 60.2 Å². The lowest BCUT2D eigenvalue weighted by atomic mass is 10.1. The molecular weight excluding hydrogens is 296 g/mol. The summed E-state index contributed by atoms with van der Waals surface area (Å²) < 4.78 is 27.7. The van der Waals surface area contributed by atoms with Gasteiger partial charge in [0, 0.05) is 12.1 Å². The van der Waals surface area contributed by atoms with Crippen LogP contribution in [-0.2, 0) is 4.79 Å². The maximum absolute atomic E-state index is 13.8. The first-order valence-electron chi connectivity index (χ1n) is 7.92. The number of hydrogen-bond donors (Lipinski definition) is 1. The number of amides is 1. The number of benzene rings is 1. The number of rotatable bonds is 6. The van der Waals surface area contributed by atoms with Crippen molar-refractivity contribution in [1.82, 2.24) is 5.32 Å². The first-order valence-corrected chi connectivity index (χ1v) is 7.92. The highest BCUT2D eigenvalue weighted by atomic mass is 19.3. The van der Waals surface area contributed by atoms with Gasteiger partial charge in [0.05, 0.1) is 11.8 Å². The fraction of sp³-hybridized carbons (Fsp3) is 0.421. The Hall–Kier alpha value is -1.97. The Labute approximate surface area is 136 Å². The normalized spacial score (nSPS) is 24.3. The fourth-order valence-corrected chi connectivity index (χ4v) is 2.45. The lowest BCUT2D eigenvalue weighted by Crippen LogP contribution is -2.34. The lowest BCUT2D eigenvalue weighted by Gasteiger charge is -2.15. The third kappa shape index (κ3) is 4.27. The van der Waals surface area contributed by atoms with E-state index in [1.807, 2.05) is 26.8 Å². The second-order valence-corrected chi connectivity index (χ2v) is 6.37. The van der Waals surface area contributed by atoms with Crippen molar-refractivity contribution >= 4 is 5.91 Å². The summed E-state index contributed by atoms with van der Waals surface area (Å²) in [6.45, 7) is 5.97. The second-order valence-electron chi connectivity index (χ2n) is 6.37. The van der Waals surface area contributed by atoms with Crippen LogP contribution in [0.3, 0.4) is 0 Å². The molecule has 23 heavy (non-hydrogen) atoms.